The number of benzene rings is 2. The minimum absolute atomic E-state index is 0.0740. The molecule has 0 bridgehead atoms. The van der Waals surface area contributed by atoms with Crippen LogP contribution >= 0.6 is 11.8 Å². The van der Waals surface area contributed by atoms with E-state index in [-0.39, 0.29) is 12.4 Å². The zero-order chi connectivity index (χ0) is 16.6. The van der Waals surface area contributed by atoms with E-state index in [4.69, 9.17) is 5.11 Å². The molecule has 3 rings (SSSR count). The first-order chi connectivity index (χ1) is 11.0. The number of aromatic nitrogens is 1. The Kier molecular flexibility index (Phi) is 4.13. The van der Waals surface area contributed by atoms with Gasteiger partial charge in [0.2, 0.25) is 0 Å². The van der Waals surface area contributed by atoms with Crippen LogP contribution in [0.1, 0.15) is 11.3 Å². The van der Waals surface area contributed by atoms with E-state index in [1.807, 2.05) is 30.5 Å². The van der Waals surface area contributed by atoms with E-state index in [2.05, 4.69) is 6.07 Å². The lowest BCUT2D eigenvalue weighted by Gasteiger charge is -2.05. The molecule has 0 aliphatic heterocycles. The summed E-state index contributed by atoms with van der Waals surface area (Å²) < 4.78 is 14.9. The summed E-state index contributed by atoms with van der Waals surface area (Å²) in [6, 6.07) is 12.3. The Morgan fingerprint density at radius 1 is 1.17 bits per heavy atom. The van der Waals surface area contributed by atoms with Gasteiger partial charge in [0.1, 0.15) is 12.4 Å². The number of halogens is 1. The van der Waals surface area contributed by atoms with Gasteiger partial charge in [-0.15, -0.1) is 0 Å². The van der Waals surface area contributed by atoms with E-state index in [9.17, 15) is 9.18 Å². The molecule has 2 aromatic carbocycles. The lowest BCUT2D eigenvalue weighted by molar-refractivity contribution is -0.137. The van der Waals surface area contributed by atoms with Crippen LogP contribution in [0.2, 0.25) is 0 Å². The minimum Gasteiger partial charge on any atom is -0.480 e. The van der Waals surface area contributed by atoms with Crippen LogP contribution in [-0.2, 0) is 11.3 Å². The van der Waals surface area contributed by atoms with Gasteiger partial charge >= 0.3 is 5.97 Å². The van der Waals surface area contributed by atoms with Crippen LogP contribution in [-0.4, -0.2) is 15.6 Å². The molecule has 5 heteroatoms. The molecule has 0 saturated heterocycles. The van der Waals surface area contributed by atoms with Gasteiger partial charge in [0.15, 0.2) is 0 Å². The number of aliphatic carboxylic acids is 1. The number of nitrogens with zero attached hydrogens (tertiary/aromatic N) is 1. The van der Waals surface area contributed by atoms with Gasteiger partial charge in [-0.2, -0.15) is 0 Å². The molecule has 3 aromatic rings. The maximum atomic E-state index is 13.1. The lowest BCUT2D eigenvalue weighted by Crippen LogP contribution is -2.09. The molecule has 0 atom stereocenters. The largest absolute Gasteiger partial charge is 0.480 e. The molecule has 1 heterocycles. The van der Waals surface area contributed by atoms with Gasteiger partial charge in [0.05, 0.1) is 0 Å². The molecule has 0 fully saturated rings. The highest BCUT2D eigenvalue weighted by Gasteiger charge is 2.17. The fourth-order valence-electron chi connectivity index (χ4n) is 2.65. The molecule has 0 amide bonds. The maximum absolute atomic E-state index is 13.1. The van der Waals surface area contributed by atoms with Gasteiger partial charge in [0, 0.05) is 26.4 Å². The van der Waals surface area contributed by atoms with Crippen molar-refractivity contribution in [2.45, 2.75) is 30.2 Å². The number of carbonyl (C=O) groups is 1. The van der Waals surface area contributed by atoms with Crippen molar-refractivity contribution in [3.05, 3.63) is 59.5 Å². The summed E-state index contributed by atoms with van der Waals surface area (Å²) in [6.07, 6.45) is 0. The average Bonchev–Trinajstić information content (AvgIpc) is 2.74. The Hall–Kier alpha value is -2.27. The zero-order valence-electron chi connectivity index (χ0n) is 12.8. The Labute approximate surface area is 137 Å². The van der Waals surface area contributed by atoms with Gasteiger partial charge in [-0.25, -0.2) is 4.39 Å². The van der Waals surface area contributed by atoms with E-state index in [1.165, 1.54) is 23.9 Å². The Morgan fingerprint density at radius 3 is 2.52 bits per heavy atom. The monoisotopic (exact) mass is 329 g/mol. The normalized spacial score (nSPS) is 11.1. The zero-order valence-corrected chi connectivity index (χ0v) is 13.7. The Balaban J connectivity index is 2.14. The highest BCUT2D eigenvalue weighted by molar-refractivity contribution is 7.99. The van der Waals surface area contributed by atoms with Crippen molar-refractivity contribution in [1.82, 2.24) is 4.57 Å². The van der Waals surface area contributed by atoms with Crippen molar-refractivity contribution in [3.63, 3.8) is 0 Å². The van der Waals surface area contributed by atoms with Crippen molar-refractivity contribution in [1.29, 1.82) is 0 Å². The molecular formula is C18H16FNO2S. The van der Waals surface area contributed by atoms with Crippen LogP contribution in [0.25, 0.3) is 10.9 Å². The second kappa shape index (κ2) is 6.08. The summed E-state index contributed by atoms with van der Waals surface area (Å²) >= 11 is 1.53. The Morgan fingerprint density at radius 2 is 1.87 bits per heavy atom. The maximum Gasteiger partial charge on any atom is 0.323 e. The SMILES string of the molecule is Cc1ccc2c(c1)c(Sc1ccc(F)cc1)c(C)n2CC(=O)O. The highest BCUT2D eigenvalue weighted by Crippen LogP contribution is 2.38. The van der Waals surface area contributed by atoms with E-state index < -0.39 is 5.97 Å². The second-order valence-corrected chi connectivity index (χ2v) is 6.55. The van der Waals surface area contributed by atoms with Crippen LogP contribution < -0.4 is 0 Å². The van der Waals surface area contributed by atoms with Gasteiger partial charge in [-0.1, -0.05) is 23.4 Å². The van der Waals surface area contributed by atoms with Gasteiger partial charge in [-0.3, -0.25) is 4.79 Å². The first kappa shape index (κ1) is 15.6. The number of hydrogen-bond donors (Lipinski definition) is 1. The van der Waals surface area contributed by atoms with E-state index in [0.717, 1.165) is 32.0 Å². The number of carboxylic acid groups (broad SMARTS) is 1. The number of fused-ring (bicyclic) bond motifs is 1. The van der Waals surface area contributed by atoms with Crippen LogP contribution in [0.15, 0.2) is 52.3 Å². The molecule has 0 aliphatic carbocycles. The van der Waals surface area contributed by atoms with Gasteiger partial charge in [0.25, 0.3) is 0 Å². The molecule has 0 spiro atoms. The second-order valence-electron chi connectivity index (χ2n) is 5.47. The van der Waals surface area contributed by atoms with Crippen molar-refractivity contribution in [3.8, 4) is 0 Å². The third kappa shape index (κ3) is 3.10. The topological polar surface area (TPSA) is 42.2 Å². The lowest BCUT2D eigenvalue weighted by atomic mass is 10.2. The van der Waals surface area contributed by atoms with Crippen LogP contribution in [0, 0.1) is 19.7 Å². The molecule has 0 aliphatic rings. The van der Waals surface area contributed by atoms with E-state index in [0.29, 0.717) is 0 Å². The fourth-order valence-corrected chi connectivity index (χ4v) is 3.69. The number of aryl methyl sites for hydroxylation is 1. The molecule has 0 unspecified atom stereocenters. The van der Waals surface area contributed by atoms with Crippen molar-refractivity contribution >= 4 is 28.6 Å². The molecular weight excluding hydrogens is 313 g/mol. The van der Waals surface area contributed by atoms with Crippen LogP contribution in [0.3, 0.4) is 0 Å². The first-order valence-corrected chi connectivity index (χ1v) is 8.02. The number of rotatable bonds is 4. The van der Waals surface area contributed by atoms with Gasteiger partial charge < -0.3 is 9.67 Å². The van der Waals surface area contributed by atoms with Crippen LogP contribution in [0.5, 0.6) is 0 Å². The predicted molar refractivity (Wildman–Crippen MR) is 89.6 cm³/mol. The van der Waals surface area contributed by atoms with E-state index in [1.54, 1.807) is 12.1 Å². The van der Waals surface area contributed by atoms with Crippen molar-refractivity contribution in [2.75, 3.05) is 0 Å². The summed E-state index contributed by atoms with van der Waals surface area (Å²) in [6.45, 7) is 3.86. The quantitative estimate of drug-likeness (QED) is 0.758. The van der Waals surface area contributed by atoms with Gasteiger partial charge in [-0.05, 0) is 50.2 Å². The first-order valence-electron chi connectivity index (χ1n) is 7.20. The standard InChI is InChI=1S/C18H16FNO2S/c1-11-3-8-16-15(9-11)18(12(2)20(16)10-17(21)22)23-14-6-4-13(19)5-7-14/h3-9H,10H2,1-2H3,(H,21,22). The van der Waals surface area contributed by atoms with Crippen molar-refractivity contribution in [2.24, 2.45) is 0 Å². The molecule has 0 radical (unpaired) electrons. The third-order valence-electron chi connectivity index (χ3n) is 3.75. The summed E-state index contributed by atoms with van der Waals surface area (Å²) in [5, 5.41) is 10.2. The highest BCUT2D eigenvalue weighted by atomic mass is 32.2. The smallest absolute Gasteiger partial charge is 0.323 e. The summed E-state index contributed by atoms with van der Waals surface area (Å²) in [7, 11) is 0. The minimum atomic E-state index is -0.871. The van der Waals surface area contributed by atoms with E-state index >= 15 is 0 Å². The molecule has 118 valence electrons. The number of hydrogen-bond acceptors (Lipinski definition) is 2. The molecule has 0 saturated carbocycles. The summed E-state index contributed by atoms with van der Waals surface area (Å²) in [5.74, 6) is -1.14. The van der Waals surface area contributed by atoms with Crippen molar-refractivity contribution < 1.29 is 14.3 Å². The third-order valence-corrected chi connectivity index (χ3v) is 4.98. The molecule has 23 heavy (non-hydrogen) atoms. The average molecular weight is 329 g/mol. The Bertz CT molecular complexity index is 884. The molecule has 1 N–H and O–H groups in total. The molecule has 1 aromatic heterocycles. The fraction of sp³-hybridized carbons (Fsp3) is 0.167. The predicted octanol–water partition coefficient (Wildman–Crippen LogP) is 4.63. The summed E-state index contributed by atoms with van der Waals surface area (Å²) in [4.78, 5) is 13.1. The number of carboxylic acids is 1. The summed E-state index contributed by atoms with van der Waals surface area (Å²) in [5.41, 5.74) is 2.92. The molecule has 3 nitrogen and oxygen atoms in total. The van der Waals surface area contributed by atoms with Crippen LogP contribution in [0.4, 0.5) is 4.39 Å².